The van der Waals surface area contributed by atoms with E-state index in [-0.39, 0.29) is 17.3 Å². The maximum Gasteiger partial charge on any atom is 0.360 e. The van der Waals surface area contributed by atoms with Gasteiger partial charge in [-0.2, -0.15) is 0 Å². The molecule has 0 bridgehead atoms. The molecule has 7 heteroatoms. The fraction of sp³-hybridized carbons (Fsp3) is 0.167. The van der Waals surface area contributed by atoms with Crippen molar-refractivity contribution in [1.82, 2.24) is 9.55 Å². The first-order valence-electron chi connectivity index (χ1n) is 5.33. The number of imidazole rings is 1. The smallest absolute Gasteiger partial charge is 0.360 e. The zero-order chi connectivity index (χ0) is 14.0. The SMILES string of the molecule is COC(=O)c1ncn(-c2ccc(F)cc2OC)c1N. The number of carbonyl (C=O) groups excluding carboxylic acids is 1. The maximum atomic E-state index is 13.1. The fourth-order valence-electron chi connectivity index (χ4n) is 1.65. The molecule has 1 aromatic carbocycles. The van der Waals surface area contributed by atoms with Crippen LogP contribution in [0.2, 0.25) is 0 Å². The highest BCUT2D eigenvalue weighted by molar-refractivity contribution is 5.92. The zero-order valence-electron chi connectivity index (χ0n) is 10.4. The summed E-state index contributed by atoms with van der Waals surface area (Å²) >= 11 is 0. The zero-order valence-corrected chi connectivity index (χ0v) is 10.4. The summed E-state index contributed by atoms with van der Waals surface area (Å²) in [5.74, 6) is -0.706. The van der Waals surface area contributed by atoms with Crippen LogP contribution < -0.4 is 10.5 Å². The van der Waals surface area contributed by atoms with E-state index in [2.05, 4.69) is 9.72 Å². The largest absolute Gasteiger partial charge is 0.494 e. The highest BCUT2D eigenvalue weighted by atomic mass is 19.1. The number of aromatic nitrogens is 2. The molecule has 1 heterocycles. The van der Waals surface area contributed by atoms with E-state index in [9.17, 15) is 9.18 Å². The second-order valence-corrected chi connectivity index (χ2v) is 3.66. The van der Waals surface area contributed by atoms with E-state index < -0.39 is 11.8 Å². The van der Waals surface area contributed by atoms with Crippen LogP contribution in [0.5, 0.6) is 5.75 Å². The van der Waals surface area contributed by atoms with Crippen LogP contribution in [0.1, 0.15) is 10.5 Å². The molecular formula is C12H12FN3O3. The lowest BCUT2D eigenvalue weighted by Crippen LogP contribution is -2.08. The Morgan fingerprint density at radius 1 is 1.42 bits per heavy atom. The summed E-state index contributed by atoms with van der Waals surface area (Å²) < 4.78 is 24.2. The van der Waals surface area contributed by atoms with E-state index in [1.165, 1.54) is 43.3 Å². The Morgan fingerprint density at radius 2 is 2.16 bits per heavy atom. The molecule has 1 aromatic heterocycles. The van der Waals surface area contributed by atoms with Crippen LogP contribution in [-0.2, 0) is 4.74 Å². The van der Waals surface area contributed by atoms with Crippen LogP contribution in [0.4, 0.5) is 10.2 Å². The Hall–Kier alpha value is -2.57. The molecule has 0 aliphatic rings. The number of esters is 1. The minimum Gasteiger partial charge on any atom is -0.494 e. The second kappa shape index (κ2) is 4.97. The lowest BCUT2D eigenvalue weighted by Gasteiger charge is -2.10. The molecule has 0 atom stereocenters. The number of hydrogen-bond donors (Lipinski definition) is 1. The van der Waals surface area contributed by atoms with Crippen molar-refractivity contribution < 1.29 is 18.7 Å². The molecule has 0 unspecified atom stereocenters. The molecule has 0 aliphatic carbocycles. The van der Waals surface area contributed by atoms with Crippen LogP contribution >= 0.6 is 0 Å². The molecule has 2 rings (SSSR count). The van der Waals surface area contributed by atoms with E-state index in [0.717, 1.165) is 0 Å². The number of hydrogen-bond acceptors (Lipinski definition) is 5. The van der Waals surface area contributed by atoms with Crippen molar-refractivity contribution in [3.05, 3.63) is 36.0 Å². The summed E-state index contributed by atoms with van der Waals surface area (Å²) in [6.07, 6.45) is 1.34. The van der Waals surface area contributed by atoms with Crippen molar-refractivity contribution in [2.75, 3.05) is 20.0 Å². The summed E-state index contributed by atoms with van der Waals surface area (Å²) in [4.78, 5) is 15.3. The highest BCUT2D eigenvalue weighted by Crippen LogP contribution is 2.27. The fourth-order valence-corrected chi connectivity index (χ4v) is 1.65. The third kappa shape index (κ3) is 2.22. The highest BCUT2D eigenvalue weighted by Gasteiger charge is 2.18. The molecule has 100 valence electrons. The quantitative estimate of drug-likeness (QED) is 0.848. The Balaban J connectivity index is 2.54. The molecule has 0 saturated carbocycles. The van der Waals surface area contributed by atoms with Crippen LogP contribution in [0, 0.1) is 5.82 Å². The summed E-state index contributed by atoms with van der Waals surface area (Å²) in [5, 5.41) is 0. The van der Waals surface area contributed by atoms with Gasteiger partial charge in [0.2, 0.25) is 0 Å². The number of carbonyl (C=O) groups is 1. The lowest BCUT2D eigenvalue weighted by atomic mass is 10.2. The van der Waals surface area contributed by atoms with Gasteiger partial charge < -0.3 is 15.2 Å². The monoisotopic (exact) mass is 265 g/mol. The van der Waals surface area contributed by atoms with Gasteiger partial charge in [-0.05, 0) is 12.1 Å². The van der Waals surface area contributed by atoms with Crippen molar-refractivity contribution in [3.63, 3.8) is 0 Å². The van der Waals surface area contributed by atoms with Crippen molar-refractivity contribution in [3.8, 4) is 11.4 Å². The van der Waals surface area contributed by atoms with Gasteiger partial charge in [0.15, 0.2) is 5.69 Å². The van der Waals surface area contributed by atoms with Gasteiger partial charge in [-0.25, -0.2) is 14.2 Å². The van der Waals surface area contributed by atoms with E-state index in [1.807, 2.05) is 0 Å². The normalized spacial score (nSPS) is 10.3. The van der Waals surface area contributed by atoms with E-state index in [0.29, 0.717) is 5.69 Å². The average molecular weight is 265 g/mol. The van der Waals surface area contributed by atoms with E-state index >= 15 is 0 Å². The molecule has 0 radical (unpaired) electrons. The molecule has 2 aromatic rings. The lowest BCUT2D eigenvalue weighted by molar-refractivity contribution is 0.0596. The first-order chi connectivity index (χ1) is 9.08. The number of anilines is 1. The topological polar surface area (TPSA) is 79.4 Å². The van der Waals surface area contributed by atoms with E-state index in [1.54, 1.807) is 0 Å². The number of methoxy groups -OCH3 is 2. The first kappa shape index (κ1) is 12.9. The molecular weight excluding hydrogens is 253 g/mol. The van der Waals surface area contributed by atoms with Crippen LogP contribution in [-0.4, -0.2) is 29.7 Å². The van der Waals surface area contributed by atoms with Gasteiger partial charge in [0.25, 0.3) is 0 Å². The summed E-state index contributed by atoms with van der Waals surface area (Å²) in [6, 6.07) is 3.95. The second-order valence-electron chi connectivity index (χ2n) is 3.66. The Labute approximate surface area is 108 Å². The minimum absolute atomic E-state index is 0.00567. The predicted molar refractivity (Wildman–Crippen MR) is 65.8 cm³/mol. The molecule has 0 amide bonds. The standard InChI is InChI=1S/C12H12FN3O3/c1-18-9-5-7(13)3-4-8(9)16-6-15-10(11(16)14)12(17)19-2/h3-6H,14H2,1-2H3. The van der Waals surface area contributed by atoms with Gasteiger partial charge in [0.1, 0.15) is 23.7 Å². The first-order valence-corrected chi connectivity index (χ1v) is 5.33. The summed E-state index contributed by atoms with van der Waals surface area (Å²) in [6.45, 7) is 0. The van der Waals surface area contributed by atoms with Gasteiger partial charge in [-0.15, -0.1) is 0 Å². The van der Waals surface area contributed by atoms with Crippen LogP contribution in [0.25, 0.3) is 5.69 Å². The molecule has 19 heavy (non-hydrogen) atoms. The van der Waals surface area contributed by atoms with Crippen LogP contribution in [0.3, 0.4) is 0 Å². The Morgan fingerprint density at radius 3 is 2.79 bits per heavy atom. The molecule has 0 saturated heterocycles. The number of nitrogens with zero attached hydrogens (tertiary/aromatic N) is 2. The van der Waals surface area contributed by atoms with Crippen molar-refractivity contribution in [2.24, 2.45) is 0 Å². The third-order valence-electron chi connectivity index (χ3n) is 2.58. The molecule has 6 nitrogen and oxygen atoms in total. The Bertz CT molecular complexity index is 625. The number of benzene rings is 1. The van der Waals surface area contributed by atoms with Gasteiger partial charge in [-0.1, -0.05) is 0 Å². The minimum atomic E-state index is -0.641. The Kier molecular flexibility index (Phi) is 3.37. The van der Waals surface area contributed by atoms with Crippen LogP contribution in [0.15, 0.2) is 24.5 Å². The number of nitrogens with two attached hydrogens (primary N) is 1. The van der Waals surface area contributed by atoms with Crippen molar-refractivity contribution in [1.29, 1.82) is 0 Å². The number of halogens is 1. The van der Waals surface area contributed by atoms with Crippen molar-refractivity contribution >= 4 is 11.8 Å². The van der Waals surface area contributed by atoms with E-state index in [4.69, 9.17) is 10.5 Å². The number of ether oxygens (including phenoxy) is 2. The van der Waals surface area contributed by atoms with Gasteiger partial charge in [0.05, 0.1) is 19.9 Å². The summed E-state index contributed by atoms with van der Waals surface area (Å²) in [5.41, 5.74) is 6.29. The molecule has 2 N–H and O–H groups in total. The number of rotatable bonds is 3. The summed E-state index contributed by atoms with van der Waals surface area (Å²) in [7, 11) is 2.64. The molecule has 0 aliphatic heterocycles. The maximum absolute atomic E-state index is 13.1. The van der Waals surface area contributed by atoms with Gasteiger partial charge in [-0.3, -0.25) is 4.57 Å². The van der Waals surface area contributed by atoms with Gasteiger partial charge >= 0.3 is 5.97 Å². The molecule has 0 spiro atoms. The number of nitrogen functional groups attached to an aromatic ring is 1. The average Bonchev–Trinajstić information content (AvgIpc) is 2.79. The third-order valence-corrected chi connectivity index (χ3v) is 2.58. The predicted octanol–water partition coefficient (Wildman–Crippen LogP) is 1.39. The van der Waals surface area contributed by atoms with Crippen molar-refractivity contribution in [2.45, 2.75) is 0 Å². The molecule has 0 fully saturated rings. The van der Waals surface area contributed by atoms with Gasteiger partial charge in [0, 0.05) is 6.07 Å².